The van der Waals surface area contributed by atoms with E-state index in [-0.39, 0.29) is 5.82 Å². The van der Waals surface area contributed by atoms with Crippen molar-refractivity contribution in [2.45, 2.75) is 6.92 Å². The van der Waals surface area contributed by atoms with Gasteiger partial charge >= 0.3 is 0 Å². The number of aromatic nitrogens is 3. The van der Waals surface area contributed by atoms with Gasteiger partial charge in [0.15, 0.2) is 5.82 Å². The first-order valence-corrected chi connectivity index (χ1v) is 4.39. The van der Waals surface area contributed by atoms with Gasteiger partial charge in [-0.05, 0) is 19.1 Å². The van der Waals surface area contributed by atoms with Crippen molar-refractivity contribution in [1.82, 2.24) is 14.5 Å². The van der Waals surface area contributed by atoms with Crippen LogP contribution in [0.2, 0.25) is 0 Å². The van der Waals surface area contributed by atoms with Crippen LogP contribution in [0.5, 0.6) is 0 Å². The Morgan fingerprint density at radius 1 is 1.47 bits per heavy atom. The fourth-order valence-corrected chi connectivity index (χ4v) is 1.30. The van der Waals surface area contributed by atoms with Gasteiger partial charge in [0, 0.05) is 18.1 Å². The second kappa shape index (κ2) is 3.42. The van der Waals surface area contributed by atoms with Crippen molar-refractivity contribution in [2.24, 2.45) is 0 Å². The Kier molecular flexibility index (Phi) is 2.10. The smallest absolute Gasteiger partial charge is 0.218 e. The van der Waals surface area contributed by atoms with E-state index in [1.54, 1.807) is 23.0 Å². The molecule has 2 N–H and O–H groups in total. The van der Waals surface area contributed by atoms with Crippen LogP contribution in [0, 0.1) is 18.3 Å². The summed E-state index contributed by atoms with van der Waals surface area (Å²) < 4.78 is 1.57. The van der Waals surface area contributed by atoms with Crippen molar-refractivity contribution in [3.05, 3.63) is 36.0 Å². The third-order valence-electron chi connectivity index (χ3n) is 2.01. The molecule has 0 aliphatic rings. The number of rotatable bonds is 1. The molecule has 0 amide bonds. The Morgan fingerprint density at radius 2 is 2.27 bits per heavy atom. The maximum absolute atomic E-state index is 8.83. The highest BCUT2D eigenvalue weighted by Gasteiger charge is 2.08. The summed E-state index contributed by atoms with van der Waals surface area (Å²) in [7, 11) is 0. The molecule has 74 valence electrons. The molecule has 0 aliphatic heterocycles. The zero-order chi connectivity index (χ0) is 10.8. The van der Waals surface area contributed by atoms with Crippen LogP contribution in [0.15, 0.2) is 24.5 Å². The molecular weight excluding hydrogens is 190 g/mol. The van der Waals surface area contributed by atoms with Gasteiger partial charge in [-0.3, -0.25) is 4.57 Å². The van der Waals surface area contributed by atoms with Crippen LogP contribution in [0.4, 0.5) is 5.69 Å². The van der Waals surface area contributed by atoms with Gasteiger partial charge in [-0.1, -0.05) is 0 Å². The number of nitrogens with two attached hydrogens (primary N) is 1. The molecule has 0 unspecified atom stereocenters. The fourth-order valence-electron chi connectivity index (χ4n) is 1.30. The van der Waals surface area contributed by atoms with Crippen LogP contribution in [-0.2, 0) is 0 Å². The summed E-state index contributed by atoms with van der Waals surface area (Å²) in [4.78, 5) is 8.16. The van der Waals surface area contributed by atoms with Crippen LogP contribution in [0.25, 0.3) is 5.82 Å². The summed E-state index contributed by atoms with van der Waals surface area (Å²) in [6, 6.07) is 5.56. The fraction of sp³-hybridized carbons (Fsp3) is 0.100. The van der Waals surface area contributed by atoms with Crippen LogP contribution >= 0.6 is 0 Å². The molecule has 0 aromatic carbocycles. The van der Waals surface area contributed by atoms with E-state index in [1.807, 2.05) is 19.1 Å². The van der Waals surface area contributed by atoms with Gasteiger partial charge in [0.1, 0.15) is 6.07 Å². The van der Waals surface area contributed by atoms with Crippen molar-refractivity contribution in [1.29, 1.82) is 5.26 Å². The number of aryl methyl sites for hydroxylation is 1. The molecule has 2 rings (SSSR count). The van der Waals surface area contributed by atoms with Crippen molar-refractivity contribution < 1.29 is 0 Å². The average Bonchev–Trinajstić information content (AvgIpc) is 2.69. The average molecular weight is 199 g/mol. The molecule has 0 radical (unpaired) electrons. The summed E-state index contributed by atoms with van der Waals surface area (Å²) >= 11 is 0. The monoisotopic (exact) mass is 199 g/mol. The Labute approximate surface area is 86.8 Å². The topological polar surface area (TPSA) is 80.5 Å². The standard InChI is InChI=1S/C10H9N5/c1-7-2-3-8(12)10(14-7)15-5-4-13-9(15)6-11/h2-5H,12H2,1H3. The van der Waals surface area contributed by atoms with E-state index in [4.69, 9.17) is 11.0 Å². The van der Waals surface area contributed by atoms with Gasteiger partial charge in [0.2, 0.25) is 5.82 Å². The molecular formula is C10H9N5. The molecule has 2 aromatic rings. The van der Waals surface area contributed by atoms with Crippen LogP contribution < -0.4 is 5.73 Å². The quantitative estimate of drug-likeness (QED) is 0.743. The molecule has 0 aliphatic carbocycles. The van der Waals surface area contributed by atoms with Crippen LogP contribution in [0.3, 0.4) is 0 Å². The minimum absolute atomic E-state index is 0.278. The summed E-state index contributed by atoms with van der Waals surface area (Å²) in [6.45, 7) is 1.87. The third kappa shape index (κ3) is 1.53. The summed E-state index contributed by atoms with van der Waals surface area (Å²) in [6.07, 6.45) is 3.21. The first-order valence-electron chi connectivity index (χ1n) is 4.39. The van der Waals surface area contributed by atoms with Crippen LogP contribution in [0.1, 0.15) is 11.5 Å². The lowest BCUT2D eigenvalue weighted by Crippen LogP contribution is -2.04. The molecule has 0 bridgehead atoms. The van der Waals surface area contributed by atoms with Gasteiger partial charge in [-0.25, -0.2) is 9.97 Å². The summed E-state index contributed by atoms with van der Waals surface area (Å²) in [5, 5.41) is 8.83. The zero-order valence-corrected chi connectivity index (χ0v) is 8.18. The van der Waals surface area contributed by atoms with E-state index in [9.17, 15) is 0 Å². The largest absolute Gasteiger partial charge is 0.396 e. The normalized spacial score (nSPS) is 9.87. The summed E-state index contributed by atoms with van der Waals surface area (Å²) in [5.41, 5.74) is 7.15. The summed E-state index contributed by atoms with van der Waals surface area (Å²) in [5.74, 6) is 0.823. The maximum atomic E-state index is 8.83. The lowest BCUT2D eigenvalue weighted by Gasteiger charge is -2.06. The molecule has 0 saturated heterocycles. The number of pyridine rings is 1. The molecule has 15 heavy (non-hydrogen) atoms. The molecule has 5 heteroatoms. The number of hydrogen-bond donors (Lipinski definition) is 1. The van der Waals surface area contributed by atoms with E-state index in [0.717, 1.165) is 5.69 Å². The predicted octanol–water partition coefficient (Wildman–Crippen LogP) is 1.03. The lowest BCUT2D eigenvalue weighted by atomic mass is 10.3. The van der Waals surface area contributed by atoms with Gasteiger partial charge in [0.05, 0.1) is 5.69 Å². The van der Waals surface area contributed by atoms with Crippen molar-refractivity contribution in [3.8, 4) is 11.9 Å². The van der Waals surface area contributed by atoms with Gasteiger partial charge in [0.25, 0.3) is 0 Å². The molecule has 0 fully saturated rings. The highest BCUT2D eigenvalue weighted by atomic mass is 15.1. The Balaban J connectivity index is 2.64. The molecule has 5 nitrogen and oxygen atoms in total. The van der Waals surface area contributed by atoms with E-state index < -0.39 is 0 Å². The van der Waals surface area contributed by atoms with Crippen molar-refractivity contribution in [2.75, 3.05) is 5.73 Å². The Bertz CT molecular complexity index is 535. The Morgan fingerprint density at radius 3 is 3.00 bits per heavy atom. The highest BCUT2D eigenvalue weighted by Crippen LogP contribution is 2.16. The SMILES string of the molecule is Cc1ccc(N)c(-n2ccnc2C#N)n1. The van der Waals surface area contributed by atoms with E-state index in [1.165, 1.54) is 0 Å². The van der Waals surface area contributed by atoms with Crippen molar-refractivity contribution in [3.63, 3.8) is 0 Å². The van der Waals surface area contributed by atoms with Gasteiger partial charge < -0.3 is 5.73 Å². The van der Waals surface area contributed by atoms with Gasteiger partial charge in [-0.15, -0.1) is 0 Å². The minimum atomic E-state index is 0.278. The van der Waals surface area contributed by atoms with E-state index >= 15 is 0 Å². The number of imidazole rings is 1. The zero-order valence-electron chi connectivity index (χ0n) is 8.18. The number of anilines is 1. The third-order valence-corrected chi connectivity index (χ3v) is 2.01. The van der Waals surface area contributed by atoms with E-state index in [2.05, 4.69) is 9.97 Å². The van der Waals surface area contributed by atoms with Crippen LogP contribution in [-0.4, -0.2) is 14.5 Å². The van der Waals surface area contributed by atoms with Crippen molar-refractivity contribution >= 4 is 5.69 Å². The van der Waals surface area contributed by atoms with Gasteiger partial charge in [-0.2, -0.15) is 5.26 Å². The highest BCUT2D eigenvalue weighted by molar-refractivity contribution is 5.54. The molecule has 0 spiro atoms. The molecule has 0 atom stereocenters. The second-order valence-electron chi connectivity index (χ2n) is 3.10. The number of nitrogen functional groups attached to an aromatic ring is 1. The molecule has 2 heterocycles. The molecule has 2 aromatic heterocycles. The second-order valence-corrected chi connectivity index (χ2v) is 3.10. The lowest BCUT2D eigenvalue weighted by molar-refractivity contribution is 0.957. The number of nitrogens with zero attached hydrogens (tertiary/aromatic N) is 4. The van der Waals surface area contributed by atoms with E-state index in [0.29, 0.717) is 11.5 Å². The number of nitriles is 1. The first-order chi connectivity index (χ1) is 7.22. The molecule has 0 saturated carbocycles. The maximum Gasteiger partial charge on any atom is 0.218 e. The Hall–Kier alpha value is -2.35. The predicted molar refractivity (Wildman–Crippen MR) is 55.2 cm³/mol. The number of hydrogen-bond acceptors (Lipinski definition) is 4. The minimum Gasteiger partial charge on any atom is -0.396 e. The first kappa shape index (κ1) is 9.21.